The van der Waals surface area contributed by atoms with Crippen molar-refractivity contribution in [2.75, 3.05) is 69.1 Å². The number of benzene rings is 4. The number of ether oxygens (including phenoxy) is 2. The maximum atomic E-state index is 15.4. The van der Waals surface area contributed by atoms with E-state index in [-0.39, 0.29) is 87.7 Å². The summed E-state index contributed by atoms with van der Waals surface area (Å²) in [6, 6.07) is 20.9. The van der Waals surface area contributed by atoms with Crippen molar-refractivity contribution in [3.63, 3.8) is 0 Å². The first-order chi connectivity index (χ1) is 55.1. The van der Waals surface area contributed by atoms with E-state index < -0.39 is 169 Å². The van der Waals surface area contributed by atoms with E-state index in [4.69, 9.17) is 9.47 Å². The molecule has 11 amide bonds. The predicted octanol–water partition coefficient (Wildman–Crippen LogP) is 8.62. The summed E-state index contributed by atoms with van der Waals surface area (Å²) in [5, 5.41) is 34.0. The van der Waals surface area contributed by atoms with Crippen LogP contribution in [0, 0.1) is 41.4 Å². The molecule has 4 aromatic carbocycles. The van der Waals surface area contributed by atoms with Crippen LogP contribution in [0.2, 0.25) is 0 Å². The minimum Gasteiger partial charge on any atom is -0.459 e. The summed E-state index contributed by atoms with van der Waals surface area (Å²) in [4.78, 5) is 184. The van der Waals surface area contributed by atoms with Crippen molar-refractivity contribution in [3.8, 4) is 11.1 Å². The van der Waals surface area contributed by atoms with Crippen molar-refractivity contribution < 1.29 is 77.2 Å². The number of carbonyl (C=O) groups excluding carboxylic acids is 12. The number of amides is 11. The molecule has 6 N–H and O–H groups in total. The van der Waals surface area contributed by atoms with Gasteiger partial charge in [0.1, 0.15) is 73.6 Å². The standard InChI is InChI=1S/C90H133N11O16/c1-23-25-36-60(15)79(104)78(101(22)88(113)77(59(13)14)100(21)86(111)74(48-57(9)10)99(20)85(110)73(47-56(7)8)98(19)84(109)70(51-102)93-90(115)117-53-67-65-43-34-32-41-63(65)64-42-33-35-44-66(64)67)82(107)91-68(24-2)83(108)95(16)50-75(103)96(17)71(45-54(3)4)81(106)94-76(58(11)12)87(112)97(18)72(46-55(5)6)80(105)92-69(49-61-37-28-26-29-38-61)89(114)116-52-62-39-30-27-31-40-62/h23,25-35,37-44,54-60,67-74,76-79,102,104H,24,36,45-53H2,1-22H3,(H,91,107)(H,92,105)(H,93,115)(H,94,106)/b25-23+/t60-,68+,69+,70-,71+,72+,73+,74+,76+,77+,78+,79-/m1/s1. The van der Waals surface area contributed by atoms with Crippen LogP contribution in [-0.2, 0) is 75.2 Å². The summed E-state index contributed by atoms with van der Waals surface area (Å²) in [5.41, 5.74) is 5.50. The normalized spacial score (nSPS) is 15.1. The summed E-state index contributed by atoms with van der Waals surface area (Å²) in [6.07, 6.45) is 1.88. The van der Waals surface area contributed by atoms with Gasteiger partial charge in [-0.1, -0.05) is 218 Å². The summed E-state index contributed by atoms with van der Waals surface area (Å²) >= 11 is 0. The van der Waals surface area contributed by atoms with Gasteiger partial charge >= 0.3 is 12.1 Å². The van der Waals surface area contributed by atoms with Crippen LogP contribution in [0.15, 0.2) is 121 Å². The lowest BCUT2D eigenvalue weighted by atomic mass is 9.91. The number of alkyl carbamates (subject to hydrolysis) is 1. The smallest absolute Gasteiger partial charge is 0.407 e. The Morgan fingerprint density at radius 1 is 0.453 bits per heavy atom. The van der Waals surface area contributed by atoms with Gasteiger partial charge < -0.3 is 75.3 Å². The number of hydrogen-bond donors (Lipinski definition) is 6. The average Bonchev–Trinajstić information content (AvgIpc) is 1.64. The van der Waals surface area contributed by atoms with Gasteiger partial charge in [-0.3, -0.25) is 47.9 Å². The third kappa shape index (κ3) is 27.0. The summed E-state index contributed by atoms with van der Waals surface area (Å²) in [6.45, 7) is 25.4. The molecular weight excluding hydrogens is 1490 g/mol. The van der Waals surface area contributed by atoms with Gasteiger partial charge in [-0.2, -0.15) is 0 Å². The van der Waals surface area contributed by atoms with Crippen molar-refractivity contribution >= 4 is 71.1 Å². The highest BCUT2D eigenvalue weighted by Crippen LogP contribution is 2.44. The highest BCUT2D eigenvalue weighted by atomic mass is 16.5. The number of likely N-dealkylation sites (N-methyl/N-ethyl adjacent to an activating group) is 7. The monoisotopic (exact) mass is 1620 g/mol. The number of fused-ring (bicyclic) bond motifs is 3. The van der Waals surface area contributed by atoms with Crippen molar-refractivity contribution in [3.05, 3.63) is 144 Å². The molecule has 0 spiro atoms. The number of carbonyl (C=O) groups is 12. The molecule has 27 nitrogen and oxygen atoms in total. The van der Waals surface area contributed by atoms with E-state index in [0.717, 1.165) is 48.1 Å². The van der Waals surface area contributed by atoms with Gasteiger partial charge in [0.15, 0.2) is 0 Å². The van der Waals surface area contributed by atoms with Gasteiger partial charge in [0.25, 0.3) is 0 Å². The van der Waals surface area contributed by atoms with E-state index >= 15 is 19.2 Å². The van der Waals surface area contributed by atoms with Crippen molar-refractivity contribution in [1.82, 2.24) is 55.6 Å². The highest BCUT2D eigenvalue weighted by molar-refractivity contribution is 5.99. The number of nitrogens with one attached hydrogen (secondary N) is 4. The van der Waals surface area contributed by atoms with Crippen molar-refractivity contribution in [1.29, 1.82) is 0 Å². The van der Waals surface area contributed by atoms with E-state index in [1.165, 1.54) is 68.9 Å². The molecule has 0 saturated carbocycles. The number of allylic oxidation sites excluding steroid dienone is 2. The van der Waals surface area contributed by atoms with E-state index in [9.17, 15) is 48.6 Å². The molecule has 0 aromatic heterocycles. The Labute approximate surface area is 693 Å². The van der Waals surface area contributed by atoms with Crippen LogP contribution in [0.4, 0.5) is 4.79 Å². The van der Waals surface area contributed by atoms with E-state index in [1.807, 2.05) is 165 Å². The first-order valence-corrected chi connectivity index (χ1v) is 41.1. The Balaban J connectivity index is 1.33. The number of aliphatic hydroxyl groups excluding tert-OH is 2. The molecule has 117 heavy (non-hydrogen) atoms. The molecule has 5 rings (SSSR count). The second kappa shape index (κ2) is 46.2. The number of nitrogens with zero attached hydrogens (tertiary/aromatic N) is 7. The average molecular weight is 1630 g/mol. The Hall–Kier alpha value is -10.0. The van der Waals surface area contributed by atoms with Gasteiger partial charge in [-0.05, 0) is 120 Å². The maximum Gasteiger partial charge on any atom is 0.407 e. The van der Waals surface area contributed by atoms with Crippen LogP contribution in [0.25, 0.3) is 11.1 Å². The molecular formula is C90H133N11O16. The van der Waals surface area contributed by atoms with Crippen molar-refractivity contribution in [2.45, 2.75) is 228 Å². The maximum absolute atomic E-state index is 15.4. The lowest BCUT2D eigenvalue weighted by molar-refractivity contribution is -0.157. The van der Waals surface area contributed by atoms with Gasteiger partial charge in [0, 0.05) is 61.7 Å². The van der Waals surface area contributed by atoms with E-state index in [2.05, 4.69) is 21.3 Å². The summed E-state index contributed by atoms with van der Waals surface area (Å²) in [7, 11) is 9.81. The molecule has 0 bridgehead atoms. The second-order valence-corrected chi connectivity index (χ2v) is 33.7. The topological polar surface area (TPSA) is 335 Å². The first kappa shape index (κ1) is 97.6. The number of rotatable bonds is 44. The molecule has 27 heteroatoms. The van der Waals surface area contributed by atoms with Crippen LogP contribution in [0.1, 0.15) is 171 Å². The third-order valence-electron chi connectivity index (χ3n) is 21.8. The van der Waals surface area contributed by atoms with Crippen LogP contribution in [0.3, 0.4) is 0 Å². The Bertz CT molecular complexity index is 3960. The zero-order valence-electron chi connectivity index (χ0n) is 73.0. The van der Waals surface area contributed by atoms with E-state index in [1.54, 1.807) is 60.6 Å². The van der Waals surface area contributed by atoms with Gasteiger partial charge in [-0.15, -0.1) is 0 Å². The molecule has 0 saturated heterocycles. The SMILES string of the molecule is C/C=C/C[C@@H](C)[C@@H](O)[C@@H](C(=O)N[C@@H](CC)C(=O)N(C)CC(=O)N(C)[C@@H](CC(C)C)C(=O)N[C@H](C(=O)N(C)[C@@H](CC(C)C)C(=O)N[C@@H](Cc1ccccc1)C(=O)OCc1ccccc1)C(C)C)N(C)C(=O)[C@H](C(C)C)N(C)C(=O)[C@H](CC(C)C)N(C)C(=O)[C@H](CC(C)C)N(C)C(=O)[C@@H](CO)NC(=O)OCC1c2ccccc2-c2ccccc21. The Morgan fingerprint density at radius 2 is 0.897 bits per heavy atom. The van der Waals surface area contributed by atoms with Gasteiger partial charge in [-0.25, -0.2) is 9.59 Å². The molecule has 12 atom stereocenters. The van der Waals surface area contributed by atoms with Crippen LogP contribution >= 0.6 is 0 Å². The lowest BCUT2D eigenvalue weighted by Gasteiger charge is -2.41. The zero-order valence-corrected chi connectivity index (χ0v) is 73.0. The zero-order chi connectivity index (χ0) is 87.6. The molecule has 1 aliphatic rings. The molecule has 0 radical (unpaired) electrons. The first-order valence-electron chi connectivity index (χ1n) is 41.1. The molecule has 1 aliphatic carbocycles. The fourth-order valence-electron chi connectivity index (χ4n) is 15.0. The molecule has 0 heterocycles. The van der Waals surface area contributed by atoms with Crippen molar-refractivity contribution in [2.24, 2.45) is 41.4 Å². The summed E-state index contributed by atoms with van der Waals surface area (Å²) in [5.74, 6) is -10.6. The molecule has 644 valence electrons. The van der Waals surface area contributed by atoms with Gasteiger partial charge in [0.2, 0.25) is 59.1 Å². The highest BCUT2D eigenvalue weighted by Gasteiger charge is 2.46. The third-order valence-corrected chi connectivity index (χ3v) is 21.8. The molecule has 0 fully saturated rings. The number of esters is 1. The van der Waals surface area contributed by atoms with Crippen LogP contribution < -0.4 is 21.3 Å². The lowest BCUT2D eigenvalue weighted by Crippen LogP contribution is -2.63. The second-order valence-electron chi connectivity index (χ2n) is 33.7. The minimum absolute atomic E-state index is 0.0300. The number of aliphatic hydroxyl groups is 2. The van der Waals surface area contributed by atoms with Gasteiger partial charge in [0.05, 0.1) is 19.3 Å². The molecule has 4 aromatic rings. The molecule has 0 aliphatic heterocycles. The Morgan fingerprint density at radius 3 is 1.38 bits per heavy atom. The largest absolute Gasteiger partial charge is 0.459 e. The molecule has 0 unspecified atom stereocenters. The summed E-state index contributed by atoms with van der Waals surface area (Å²) < 4.78 is 11.4. The fourth-order valence-corrected chi connectivity index (χ4v) is 15.0. The predicted molar refractivity (Wildman–Crippen MR) is 451 cm³/mol. The number of hydrogen-bond acceptors (Lipinski definition) is 16. The Kier molecular flexibility index (Phi) is 38.5. The minimum atomic E-state index is -1.68. The van der Waals surface area contributed by atoms with Crippen LogP contribution in [0.5, 0.6) is 0 Å². The fraction of sp³-hybridized carbons (Fsp3) is 0.578. The van der Waals surface area contributed by atoms with Crippen LogP contribution in [-0.4, -0.2) is 251 Å². The van der Waals surface area contributed by atoms with E-state index in [0.29, 0.717) is 0 Å². The quantitative estimate of drug-likeness (QED) is 0.0178.